The molecule has 1 aliphatic rings. The number of ether oxygens (including phenoxy) is 1. The second kappa shape index (κ2) is 1.72. The summed E-state index contributed by atoms with van der Waals surface area (Å²) in [5.41, 5.74) is -0.250. The monoisotopic (exact) mass is 128 g/mol. The summed E-state index contributed by atoms with van der Waals surface area (Å²) in [6, 6.07) is 0. The summed E-state index contributed by atoms with van der Waals surface area (Å²) in [5.74, 6) is 0.306. The molecule has 9 heavy (non-hydrogen) atoms. The van der Waals surface area contributed by atoms with Gasteiger partial charge in [-0.15, -0.1) is 0 Å². The highest BCUT2D eigenvalue weighted by molar-refractivity contribution is 5.78. The number of hydrogen-bond acceptors (Lipinski definition) is 2. The summed E-state index contributed by atoms with van der Waals surface area (Å²) >= 11 is 0. The van der Waals surface area contributed by atoms with Gasteiger partial charge in [0.2, 0.25) is 0 Å². The van der Waals surface area contributed by atoms with Gasteiger partial charge in [0.25, 0.3) is 0 Å². The largest absolute Gasteiger partial charge is 0.465 e. The lowest BCUT2D eigenvalue weighted by Crippen LogP contribution is -2.23. The Kier molecular flexibility index (Phi) is 1.26. The molecule has 0 aromatic carbocycles. The quantitative estimate of drug-likeness (QED) is 0.458. The predicted molar refractivity (Wildman–Crippen MR) is 33.9 cm³/mol. The van der Waals surface area contributed by atoms with Crippen LogP contribution in [0.2, 0.25) is 0 Å². The molecule has 0 N–H and O–H groups in total. The van der Waals surface area contributed by atoms with Crippen LogP contribution in [0.5, 0.6) is 0 Å². The van der Waals surface area contributed by atoms with Gasteiger partial charge in [0.1, 0.15) is 0 Å². The van der Waals surface area contributed by atoms with Crippen molar-refractivity contribution >= 4 is 5.97 Å². The Labute approximate surface area is 55.2 Å². The molecular weight excluding hydrogens is 116 g/mol. The van der Waals surface area contributed by atoms with E-state index in [1.165, 1.54) is 0 Å². The first-order valence-corrected chi connectivity index (χ1v) is 3.22. The van der Waals surface area contributed by atoms with E-state index in [4.69, 9.17) is 4.74 Å². The molecule has 0 aromatic heterocycles. The minimum absolute atomic E-state index is 0.0602. The second-order valence-corrected chi connectivity index (χ2v) is 3.22. The molecule has 0 saturated carbocycles. The maximum Gasteiger partial charge on any atom is 0.311 e. The standard InChI is InChI=1S/C7H12O2/c1-5-4-9-6(8)7(5,2)3/h5H,4H2,1-3H3/t5-/m1/s1. The van der Waals surface area contributed by atoms with E-state index in [1.54, 1.807) is 0 Å². The lowest BCUT2D eigenvalue weighted by Gasteiger charge is -2.15. The zero-order valence-electron chi connectivity index (χ0n) is 6.10. The zero-order valence-corrected chi connectivity index (χ0v) is 6.10. The van der Waals surface area contributed by atoms with E-state index >= 15 is 0 Å². The molecule has 0 radical (unpaired) electrons. The molecule has 1 rings (SSSR count). The fourth-order valence-corrected chi connectivity index (χ4v) is 0.796. The molecule has 0 aromatic rings. The maximum absolute atomic E-state index is 10.9. The highest BCUT2D eigenvalue weighted by Crippen LogP contribution is 2.33. The summed E-state index contributed by atoms with van der Waals surface area (Å²) in [6.07, 6.45) is 0. The molecule has 0 unspecified atom stereocenters. The smallest absolute Gasteiger partial charge is 0.311 e. The van der Waals surface area contributed by atoms with Gasteiger partial charge in [-0.1, -0.05) is 6.92 Å². The minimum Gasteiger partial charge on any atom is -0.465 e. The molecule has 1 heterocycles. The van der Waals surface area contributed by atoms with Crippen LogP contribution < -0.4 is 0 Å². The SMILES string of the molecule is C[C@@H]1COC(=O)C1(C)C. The third kappa shape index (κ3) is 0.824. The van der Waals surface area contributed by atoms with E-state index < -0.39 is 0 Å². The summed E-state index contributed by atoms with van der Waals surface area (Å²) in [5, 5.41) is 0. The normalized spacial score (nSPS) is 32.3. The van der Waals surface area contributed by atoms with Crippen molar-refractivity contribution in [1.29, 1.82) is 0 Å². The van der Waals surface area contributed by atoms with Crippen LogP contribution in [0.25, 0.3) is 0 Å². The molecule has 0 aliphatic carbocycles. The highest BCUT2D eigenvalue weighted by atomic mass is 16.5. The van der Waals surface area contributed by atoms with Crippen molar-refractivity contribution in [3.05, 3.63) is 0 Å². The second-order valence-electron chi connectivity index (χ2n) is 3.22. The fraction of sp³-hybridized carbons (Fsp3) is 0.857. The van der Waals surface area contributed by atoms with E-state index in [0.717, 1.165) is 0 Å². The Morgan fingerprint density at radius 2 is 2.22 bits per heavy atom. The van der Waals surface area contributed by atoms with Gasteiger partial charge in [-0.3, -0.25) is 4.79 Å². The van der Waals surface area contributed by atoms with Gasteiger partial charge in [0.05, 0.1) is 12.0 Å². The zero-order chi connectivity index (χ0) is 7.07. The molecule has 52 valence electrons. The van der Waals surface area contributed by atoms with Crippen LogP contribution in [0, 0.1) is 11.3 Å². The van der Waals surface area contributed by atoms with E-state index in [1.807, 2.05) is 20.8 Å². The molecule has 1 aliphatic heterocycles. The van der Waals surface area contributed by atoms with E-state index in [0.29, 0.717) is 12.5 Å². The highest BCUT2D eigenvalue weighted by Gasteiger charge is 2.41. The first kappa shape index (κ1) is 6.59. The summed E-state index contributed by atoms with van der Waals surface area (Å²) < 4.78 is 4.84. The van der Waals surface area contributed by atoms with Gasteiger partial charge in [0, 0.05) is 5.92 Å². The van der Waals surface area contributed by atoms with Crippen molar-refractivity contribution in [3.8, 4) is 0 Å². The summed E-state index contributed by atoms with van der Waals surface area (Å²) in [6.45, 7) is 6.47. The third-order valence-electron chi connectivity index (χ3n) is 2.22. The van der Waals surface area contributed by atoms with Crippen molar-refractivity contribution in [2.24, 2.45) is 11.3 Å². The minimum atomic E-state index is -0.250. The Morgan fingerprint density at radius 3 is 2.33 bits per heavy atom. The van der Waals surface area contributed by atoms with Crippen LogP contribution in [0.15, 0.2) is 0 Å². The van der Waals surface area contributed by atoms with E-state index in [9.17, 15) is 4.79 Å². The van der Waals surface area contributed by atoms with Gasteiger partial charge in [-0.05, 0) is 13.8 Å². The number of carbonyl (C=O) groups is 1. The average molecular weight is 128 g/mol. The first-order valence-electron chi connectivity index (χ1n) is 3.22. The Balaban J connectivity index is 2.78. The van der Waals surface area contributed by atoms with Crippen LogP contribution in [-0.4, -0.2) is 12.6 Å². The molecule has 1 saturated heterocycles. The Morgan fingerprint density at radius 1 is 1.67 bits per heavy atom. The molecule has 0 bridgehead atoms. The maximum atomic E-state index is 10.9. The number of carbonyl (C=O) groups excluding carboxylic acids is 1. The first-order chi connectivity index (χ1) is 4.05. The van der Waals surface area contributed by atoms with Crippen LogP contribution in [0.3, 0.4) is 0 Å². The van der Waals surface area contributed by atoms with Gasteiger partial charge < -0.3 is 4.74 Å². The van der Waals surface area contributed by atoms with Gasteiger partial charge >= 0.3 is 5.97 Å². The molecule has 1 fully saturated rings. The van der Waals surface area contributed by atoms with Crippen molar-refractivity contribution < 1.29 is 9.53 Å². The summed E-state index contributed by atoms with van der Waals surface area (Å²) in [7, 11) is 0. The lowest BCUT2D eigenvalue weighted by molar-refractivity contribution is -0.144. The predicted octanol–water partition coefficient (Wildman–Crippen LogP) is 1.21. The average Bonchev–Trinajstić information content (AvgIpc) is 1.96. The van der Waals surface area contributed by atoms with E-state index in [-0.39, 0.29) is 11.4 Å². The van der Waals surface area contributed by atoms with Gasteiger partial charge in [0.15, 0.2) is 0 Å². The van der Waals surface area contributed by atoms with Crippen LogP contribution in [0.4, 0.5) is 0 Å². The Hall–Kier alpha value is -0.530. The van der Waals surface area contributed by atoms with E-state index in [2.05, 4.69) is 0 Å². The third-order valence-corrected chi connectivity index (χ3v) is 2.22. The van der Waals surface area contributed by atoms with Gasteiger partial charge in [-0.25, -0.2) is 0 Å². The fourth-order valence-electron chi connectivity index (χ4n) is 0.796. The molecule has 0 spiro atoms. The Bertz CT molecular complexity index is 138. The summed E-state index contributed by atoms with van der Waals surface area (Å²) in [4.78, 5) is 10.9. The lowest BCUT2D eigenvalue weighted by atomic mass is 9.83. The number of esters is 1. The van der Waals surface area contributed by atoms with Crippen LogP contribution in [-0.2, 0) is 9.53 Å². The molecule has 2 nitrogen and oxygen atoms in total. The number of cyclic esters (lactones) is 1. The molecular formula is C7H12O2. The number of hydrogen-bond donors (Lipinski definition) is 0. The van der Waals surface area contributed by atoms with Crippen LogP contribution >= 0.6 is 0 Å². The van der Waals surface area contributed by atoms with Crippen molar-refractivity contribution in [3.63, 3.8) is 0 Å². The van der Waals surface area contributed by atoms with Crippen molar-refractivity contribution in [2.75, 3.05) is 6.61 Å². The topological polar surface area (TPSA) is 26.3 Å². The van der Waals surface area contributed by atoms with Crippen LogP contribution in [0.1, 0.15) is 20.8 Å². The molecule has 0 amide bonds. The van der Waals surface area contributed by atoms with Gasteiger partial charge in [-0.2, -0.15) is 0 Å². The van der Waals surface area contributed by atoms with Crippen molar-refractivity contribution in [2.45, 2.75) is 20.8 Å². The molecule has 1 atom stereocenters. The molecule has 2 heteroatoms. The van der Waals surface area contributed by atoms with Crippen molar-refractivity contribution in [1.82, 2.24) is 0 Å². The number of rotatable bonds is 0.